The second kappa shape index (κ2) is 6.37. The molecule has 0 aliphatic heterocycles. The van der Waals surface area contributed by atoms with Gasteiger partial charge in [0.2, 0.25) is 0 Å². The van der Waals surface area contributed by atoms with Gasteiger partial charge in [-0.3, -0.25) is 9.59 Å². The molecule has 5 nitrogen and oxygen atoms in total. The molecule has 3 rings (SSSR count). The van der Waals surface area contributed by atoms with Crippen LogP contribution in [0.1, 0.15) is 35.1 Å². The minimum atomic E-state index is -1.26. The molecule has 4 unspecified atom stereocenters. The number of benzene rings is 1. The van der Waals surface area contributed by atoms with Gasteiger partial charge in [-0.15, -0.1) is 12.4 Å². The zero-order valence-corrected chi connectivity index (χ0v) is 15.0. The third kappa shape index (κ3) is 2.91. The molecule has 6 heteroatoms. The van der Waals surface area contributed by atoms with Gasteiger partial charge < -0.3 is 15.6 Å². The first-order chi connectivity index (χ1) is 10.8. The highest BCUT2D eigenvalue weighted by atomic mass is 35.5. The summed E-state index contributed by atoms with van der Waals surface area (Å²) >= 11 is 0. The van der Waals surface area contributed by atoms with E-state index in [2.05, 4.69) is 12.1 Å². The molecule has 0 bridgehead atoms. The van der Waals surface area contributed by atoms with Crippen LogP contribution in [0.5, 0.6) is 0 Å². The zero-order chi connectivity index (χ0) is 16.9. The Morgan fingerprint density at radius 1 is 1.29 bits per heavy atom. The summed E-state index contributed by atoms with van der Waals surface area (Å²) < 4.78 is 5.48. The molecule has 2 saturated carbocycles. The van der Waals surface area contributed by atoms with E-state index in [1.54, 1.807) is 0 Å². The summed E-state index contributed by atoms with van der Waals surface area (Å²) in [5.74, 6) is -1.87. The minimum absolute atomic E-state index is 0. The SMILES string of the molecule is Cc1cc(C)c(COC(=O)C2C3CCC(N)(C(=O)O)C32)c(C)c1.Cl. The maximum absolute atomic E-state index is 12.3. The van der Waals surface area contributed by atoms with Gasteiger partial charge in [0.15, 0.2) is 0 Å². The largest absolute Gasteiger partial charge is 0.480 e. The van der Waals surface area contributed by atoms with E-state index < -0.39 is 11.5 Å². The first-order valence-corrected chi connectivity index (χ1v) is 8.01. The standard InChI is InChI=1S/C18H23NO4.ClH/c1-9-6-10(2)13(11(3)7-9)8-23-16(20)14-12-4-5-18(19,15(12)14)17(21)22;/h6-7,12,14-15H,4-5,8,19H2,1-3H3,(H,21,22);1H. The summed E-state index contributed by atoms with van der Waals surface area (Å²) in [5.41, 5.74) is 9.13. The van der Waals surface area contributed by atoms with Crippen LogP contribution in [0.25, 0.3) is 0 Å². The number of carboxylic acid groups (broad SMARTS) is 1. The molecule has 0 heterocycles. The molecule has 1 aromatic rings. The van der Waals surface area contributed by atoms with E-state index in [-0.39, 0.29) is 42.7 Å². The van der Waals surface area contributed by atoms with Gasteiger partial charge in [0, 0.05) is 5.92 Å². The van der Waals surface area contributed by atoms with Gasteiger partial charge in [-0.1, -0.05) is 17.7 Å². The van der Waals surface area contributed by atoms with Crippen LogP contribution in [-0.4, -0.2) is 22.6 Å². The van der Waals surface area contributed by atoms with Crippen LogP contribution in [-0.2, 0) is 20.9 Å². The molecule has 4 atom stereocenters. The highest BCUT2D eigenvalue weighted by Crippen LogP contribution is 2.61. The van der Waals surface area contributed by atoms with Gasteiger partial charge in [0.05, 0.1) is 5.92 Å². The predicted octanol–water partition coefficient (Wildman–Crippen LogP) is 2.51. The lowest BCUT2D eigenvalue weighted by Crippen LogP contribution is -2.49. The smallest absolute Gasteiger partial charge is 0.324 e. The Labute approximate surface area is 148 Å². The van der Waals surface area contributed by atoms with Gasteiger partial charge in [0.25, 0.3) is 0 Å². The molecular formula is C18H24ClNO4. The van der Waals surface area contributed by atoms with Crippen molar-refractivity contribution in [3.63, 3.8) is 0 Å². The number of carbonyl (C=O) groups is 2. The number of carboxylic acids is 1. The molecule has 2 aliphatic carbocycles. The molecule has 24 heavy (non-hydrogen) atoms. The van der Waals surface area contributed by atoms with Crippen molar-refractivity contribution in [2.45, 2.75) is 45.8 Å². The monoisotopic (exact) mass is 353 g/mol. The molecule has 0 amide bonds. The van der Waals surface area contributed by atoms with E-state index in [0.29, 0.717) is 12.8 Å². The van der Waals surface area contributed by atoms with Crippen molar-refractivity contribution in [2.75, 3.05) is 0 Å². The number of carbonyl (C=O) groups excluding carboxylic acids is 1. The lowest BCUT2D eigenvalue weighted by atomic mass is 9.92. The summed E-state index contributed by atoms with van der Waals surface area (Å²) in [6.45, 7) is 6.28. The second-order valence-corrected chi connectivity index (χ2v) is 7.08. The Morgan fingerprint density at radius 3 is 2.42 bits per heavy atom. The Balaban J connectivity index is 0.00000208. The Bertz CT molecular complexity index is 667. The summed E-state index contributed by atoms with van der Waals surface area (Å²) in [6, 6.07) is 4.13. The highest BCUT2D eigenvalue weighted by Gasteiger charge is 2.70. The normalized spacial score (nSPS) is 30.2. The average Bonchev–Trinajstić information content (AvgIpc) is 3.08. The number of ether oxygens (including phenoxy) is 1. The van der Waals surface area contributed by atoms with Crippen LogP contribution >= 0.6 is 12.4 Å². The van der Waals surface area contributed by atoms with E-state index in [9.17, 15) is 14.7 Å². The van der Waals surface area contributed by atoms with Crippen LogP contribution in [0.4, 0.5) is 0 Å². The third-order valence-corrected chi connectivity index (χ3v) is 5.52. The maximum atomic E-state index is 12.3. The highest BCUT2D eigenvalue weighted by molar-refractivity contribution is 5.86. The molecule has 1 aromatic carbocycles. The minimum Gasteiger partial charge on any atom is -0.480 e. The summed E-state index contributed by atoms with van der Waals surface area (Å²) in [5, 5.41) is 9.30. The molecule has 3 N–H and O–H groups in total. The van der Waals surface area contributed by atoms with Crippen molar-refractivity contribution >= 4 is 24.3 Å². The molecule has 0 spiro atoms. The number of halogens is 1. The van der Waals surface area contributed by atoms with Crippen LogP contribution in [0.15, 0.2) is 12.1 Å². The number of aliphatic carboxylic acids is 1. The van der Waals surface area contributed by atoms with E-state index in [1.807, 2.05) is 20.8 Å². The predicted molar refractivity (Wildman–Crippen MR) is 92.0 cm³/mol. The van der Waals surface area contributed by atoms with Gasteiger partial charge in [-0.2, -0.15) is 0 Å². The van der Waals surface area contributed by atoms with Crippen LogP contribution in [0, 0.1) is 38.5 Å². The molecule has 132 valence electrons. The Hall–Kier alpha value is -1.59. The molecular weight excluding hydrogens is 330 g/mol. The van der Waals surface area contributed by atoms with Crippen molar-refractivity contribution in [3.8, 4) is 0 Å². The van der Waals surface area contributed by atoms with Crippen LogP contribution in [0.3, 0.4) is 0 Å². The van der Waals surface area contributed by atoms with Crippen molar-refractivity contribution in [3.05, 3.63) is 34.4 Å². The van der Waals surface area contributed by atoms with E-state index in [0.717, 1.165) is 16.7 Å². The second-order valence-electron chi connectivity index (χ2n) is 7.08. The third-order valence-electron chi connectivity index (χ3n) is 5.52. The fourth-order valence-corrected chi connectivity index (χ4v) is 4.26. The van der Waals surface area contributed by atoms with Gasteiger partial charge in [0.1, 0.15) is 12.1 Å². The van der Waals surface area contributed by atoms with Crippen LogP contribution in [0.2, 0.25) is 0 Å². The zero-order valence-electron chi connectivity index (χ0n) is 14.2. The van der Waals surface area contributed by atoms with Crippen molar-refractivity contribution in [2.24, 2.45) is 23.5 Å². The Morgan fingerprint density at radius 2 is 1.88 bits per heavy atom. The molecule has 0 aromatic heterocycles. The summed E-state index contributed by atoms with van der Waals surface area (Å²) in [7, 11) is 0. The number of nitrogens with two attached hydrogens (primary N) is 1. The maximum Gasteiger partial charge on any atom is 0.324 e. The quantitative estimate of drug-likeness (QED) is 0.812. The fourth-order valence-electron chi connectivity index (χ4n) is 4.26. The summed E-state index contributed by atoms with van der Waals surface area (Å²) in [6.07, 6.45) is 1.13. The molecule has 0 radical (unpaired) electrons. The first-order valence-electron chi connectivity index (χ1n) is 8.01. The molecule has 2 fully saturated rings. The number of fused-ring (bicyclic) bond motifs is 1. The Kier molecular flexibility index (Phi) is 4.98. The first kappa shape index (κ1) is 18.7. The number of rotatable bonds is 4. The van der Waals surface area contributed by atoms with E-state index in [4.69, 9.17) is 10.5 Å². The lowest BCUT2D eigenvalue weighted by Gasteiger charge is -2.21. The topological polar surface area (TPSA) is 89.6 Å². The fraction of sp³-hybridized carbons (Fsp3) is 0.556. The number of aryl methyl sites for hydroxylation is 3. The lowest BCUT2D eigenvalue weighted by molar-refractivity contribution is -0.149. The van der Waals surface area contributed by atoms with E-state index in [1.165, 1.54) is 5.56 Å². The van der Waals surface area contributed by atoms with Gasteiger partial charge >= 0.3 is 11.9 Å². The summed E-state index contributed by atoms with van der Waals surface area (Å²) in [4.78, 5) is 23.7. The van der Waals surface area contributed by atoms with E-state index >= 15 is 0 Å². The number of hydrogen-bond acceptors (Lipinski definition) is 4. The van der Waals surface area contributed by atoms with Gasteiger partial charge in [-0.05, 0) is 56.2 Å². The van der Waals surface area contributed by atoms with Gasteiger partial charge in [-0.25, -0.2) is 0 Å². The molecule has 0 saturated heterocycles. The number of hydrogen-bond donors (Lipinski definition) is 2. The van der Waals surface area contributed by atoms with Crippen molar-refractivity contribution < 1.29 is 19.4 Å². The van der Waals surface area contributed by atoms with Crippen molar-refractivity contribution in [1.82, 2.24) is 0 Å². The number of esters is 1. The van der Waals surface area contributed by atoms with Crippen LogP contribution < -0.4 is 5.73 Å². The van der Waals surface area contributed by atoms with Crippen molar-refractivity contribution in [1.29, 1.82) is 0 Å². The average molecular weight is 354 g/mol. The molecule has 2 aliphatic rings.